The van der Waals surface area contributed by atoms with Gasteiger partial charge in [0.1, 0.15) is 11.9 Å². The third-order valence-corrected chi connectivity index (χ3v) is 10.0. The molecule has 6 nitrogen and oxygen atoms in total. The van der Waals surface area contributed by atoms with Gasteiger partial charge in [0.25, 0.3) is 0 Å². The molecule has 0 saturated carbocycles. The lowest BCUT2D eigenvalue weighted by Gasteiger charge is -2.37. The van der Waals surface area contributed by atoms with Crippen molar-refractivity contribution in [1.82, 2.24) is 9.78 Å². The molecular weight excluding hydrogens is 427 g/mol. The summed E-state index contributed by atoms with van der Waals surface area (Å²) in [6, 6.07) is 5.15. The Labute approximate surface area is 170 Å². The lowest BCUT2D eigenvalue weighted by atomic mass is 9.79. The molecule has 0 aliphatic rings. The second-order valence-corrected chi connectivity index (χ2v) is 13.8. The third kappa shape index (κ3) is 5.45. The summed E-state index contributed by atoms with van der Waals surface area (Å²) in [6.45, 7) is 13.5. The fourth-order valence-electron chi connectivity index (χ4n) is 2.26. The van der Waals surface area contributed by atoms with Gasteiger partial charge < -0.3 is 19.2 Å². The van der Waals surface area contributed by atoms with Gasteiger partial charge in [-0.1, -0.05) is 20.8 Å². The predicted molar refractivity (Wildman–Crippen MR) is 114 cm³/mol. The van der Waals surface area contributed by atoms with Gasteiger partial charge in [-0.25, -0.2) is 4.68 Å². The minimum atomic E-state index is -1.85. The summed E-state index contributed by atoms with van der Waals surface area (Å²) in [6.07, 6.45) is 3.21. The topological polar surface area (TPSA) is 76.7 Å². The largest absolute Gasteiger partial charge is 0.490 e. The van der Waals surface area contributed by atoms with Gasteiger partial charge in [-0.05, 0) is 53.1 Å². The summed E-state index contributed by atoms with van der Waals surface area (Å²) in [5.74, 6) is 0.594. The Morgan fingerprint density at radius 2 is 1.96 bits per heavy atom. The van der Waals surface area contributed by atoms with E-state index >= 15 is 0 Å². The smallest absolute Gasteiger partial charge is 0.487 e. The molecule has 0 aliphatic heterocycles. The highest BCUT2D eigenvalue weighted by molar-refractivity contribution is 9.10. The molecule has 1 aromatic heterocycles. The molecule has 1 heterocycles. The van der Waals surface area contributed by atoms with Crippen LogP contribution in [0.3, 0.4) is 0 Å². The summed E-state index contributed by atoms with van der Waals surface area (Å²) in [5.41, 5.74) is 0.883. The van der Waals surface area contributed by atoms with E-state index in [1.54, 1.807) is 35.3 Å². The van der Waals surface area contributed by atoms with Crippen LogP contribution in [-0.2, 0) is 4.43 Å². The van der Waals surface area contributed by atoms with Crippen LogP contribution in [0.15, 0.2) is 35.1 Å². The first-order chi connectivity index (χ1) is 12.4. The van der Waals surface area contributed by atoms with Crippen LogP contribution in [0.25, 0.3) is 5.69 Å². The highest BCUT2D eigenvalue weighted by atomic mass is 79.9. The molecule has 2 N–H and O–H groups in total. The first-order valence-corrected chi connectivity index (χ1v) is 12.6. The van der Waals surface area contributed by atoms with E-state index in [1.165, 1.54) is 0 Å². The summed E-state index contributed by atoms with van der Waals surface area (Å²) in [7, 11) is -3.47. The zero-order valence-corrected chi connectivity index (χ0v) is 19.3. The minimum Gasteiger partial charge on any atom is -0.487 e. The molecule has 9 heteroatoms. The number of benzene rings is 1. The third-order valence-electron chi connectivity index (χ3n) is 4.92. The Hall–Kier alpha value is -1.13. The van der Waals surface area contributed by atoms with E-state index in [0.29, 0.717) is 28.0 Å². The number of ether oxygens (including phenoxy) is 1. The highest BCUT2D eigenvalue weighted by Crippen LogP contribution is 2.36. The Bertz CT molecular complexity index is 763. The Balaban J connectivity index is 2.20. The van der Waals surface area contributed by atoms with Crippen LogP contribution >= 0.6 is 15.9 Å². The maximum absolute atomic E-state index is 9.69. The summed E-state index contributed by atoms with van der Waals surface area (Å²) in [4.78, 5) is 0. The van der Waals surface area contributed by atoms with E-state index in [4.69, 9.17) is 9.16 Å². The van der Waals surface area contributed by atoms with Crippen LogP contribution in [0.4, 0.5) is 0 Å². The average molecular weight is 455 g/mol. The number of halogens is 1. The first kappa shape index (κ1) is 22.2. The summed E-state index contributed by atoms with van der Waals surface area (Å²) in [5, 5.41) is 23.7. The second-order valence-electron chi connectivity index (χ2n) is 8.17. The van der Waals surface area contributed by atoms with Gasteiger partial charge in [0.15, 0.2) is 8.32 Å². The molecule has 1 aromatic carbocycles. The van der Waals surface area contributed by atoms with E-state index < -0.39 is 15.4 Å². The van der Waals surface area contributed by atoms with Crippen molar-refractivity contribution in [3.63, 3.8) is 0 Å². The van der Waals surface area contributed by atoms with Gasteiger partial charge in [-0.3, -0.25) is 0 Å². The standard InChI is InChI=1S/C18H28BBrN2O4Si/c1-13(12-25-27(5,6)18(2,3)4)26-17-11-16(22-9-7-8-21-22)14(19(23)24)10-15(17)20/h7-11,13,23-24H,12H2,1-6H3. The average Bonchev–Trinajstić information content (AvgIpc) is 3.07. The summed E-state index contributed by atoms with van der Waals surface area (Å²) < 4.78 is 14.5. The Kier molecular flexibility index (Phi) is 6.96. The maximum Gasteiger partial charge on any atom is 0.490 e. The lowest BCUT2D eigenvalue weighted by Crippen LogP contribution is -2.43. The van der Waals surface area contributed by atoms with E-state index in [9.17, 15) is 10.0 Å². The van der Waals surface area contributed by atoms with Crippen LogP contribution in [0.1, 0.15) is 27.7 Å². The number of aromatic nitrogens is 2. The van der Waals surface area contributed by atoms with Crippen LogP contribution in [-0.4, -0.2) is 48.0 Å². The first-order valence-electron chi connectivity index (χ1n) is 8.92. The highest BCUT2D eigenvalue weighted by Gasteiger charge is 2.37. The van der Waals surface area contributed by atoms with Crippen molar-refractivity contribution in [1.29, 1.82) is 0 Å². The number of hydrogen-bond acceptors (Lipinski definition) is 5. The number of nitrogens with zero attached hydrogens (tertiary/aromatic N) is 2. The molecule has 0 radical (unpaired) electrons. The second kappa shape index (κ2) is 8.48. The van der Waals surface area contributed by atoms with Crippen molar-refractivity contribution >= 4 is 36.8 Å². The van der Waals surface area contributed by atoms with Crippen LogP contribution in [0, 0.1) is 0 Å². The quantitative estimate of drug-likeness (QED) is 0.628. The van der Waals surface area contributed by atoms with E-state index in [1.807, 2.05) is 6.92 Å². The van der Waals surface area contributed by atoms with Crippen molar-refractivity contribution in [2.75, 3.05) is 6.61 Å². The number of rotatable bonds is 7. The van der Waals surface area contributed by atoms with Gasteiger partial charge in [-0.15, -0.1) is 0 Å². The van der Waals surface area contributed by atoms with Gasteiger partial charge in [0.2, 0.25) is 0 Å². The Morgan fingerprint density at radius 3 is 2.48 bits per heavy atom. The van der Waals surface area contributed by atoms with Crippen LogP contribution in [0.2, 0.25) is 18.1 Å². The fourth-order valence-corrected chi connectivity index (χ4v) is 3.80. The monoisotopic (exact) mass is 454 g/mol. The SMILES string of the molecule is CC(CO[Si](C)(C)C(C)(C)C)Oc1cc(-n2cccn2)c(B(O)O)cc1Br. The molecule has 2 aromatic rings. The molecule has 2 rings (SSSR count). The van der Waals surface area contributed by atoms with Crippen molar-refractivity contribution in [3.8, 4) is 11.4 Å². The molecular formula is C18H28BBrN2O4Si. The van der Waals surface area contributed by atoms with E-state index in [2.05, 4.69) is 54.9 Å². The van der Waals surface area contributed by atoms with E-state index in [0.717, 1.165) is 0 Å². The van der Waals surface area contributed by atoms with Crippen molar-refractivity contribution < 1.29 is 19.2 Å². The van der Waals surface area contributed by atoms with Gasteiger partial charge >= 0.3 is 7.12 Å². The molecule has 148 valence electrons. The molecule has 0 amide bonds. The molecule has 1 atom stereocenters. The maximum atomic E-state index is 9.69. The van der Waals surface area contributed by atoms with Crippen LogP contribution in [0.5, 0.6) is 5.75 Å². The zero-order chi connectivity index (χ0) is 20.4. The molecule has 0 spiro atoms. The van der Waals surface area contributed by atoms with Crippen molar-refractivity contribution in [2.24, 2.45) is 0 Å². The summed E-state index contributed by atoms with van der Waals surface area (Å²) >= 11 is 3.45. The molecule has 0 aliphatic carbocycles. The van der Waals surface area contributed by atoms with Gasteiger partial charge in [0.05, 0.1) is 16.8 Å². The molecule has 0 fully saturated rings. The van der Waals surface area contributed by atoms with Crippen LogP contribution < -0.4 is 10.2 Å². The molecule has 1 unspecified atom stereocenters. The predicted octanol–water partition coefficient (Wildman–Crippen LogP) is 3.10. The van der Waals surface area contributed by atoms with Gasteiger partial charge in [0, 0.05) is 23.9 Å². The zero-order valence-electron chi connectivity index (χ0n) is 16.7. The fraction of sp³-hybridized carbons (Fsp3) is 0.500. The minimum absolute atomic E-state index is 0.138. The molecule has 0 saturated heterocycles. The van der Waals surface area contributed by atoms with Gasteiger partial charge in [-0.2, -0.15) is 5.10 Å². The normalized spacial score (nSPS) is 13.5. The molecule has 27 heavy (non-hydrogen) atoms. The number of hydrogen-bond donors (Lipinski definition) is 2. The molecule has 0 bridgehead atoms. The van der Waals surface area contributed by atoms with E-state index in [-0.39, 0.29) is 11.1 Å². The lowest BCUT2D eigenvalue weighted by molar-refractivity contribution is 0.133. The van der Waals surface area contributed by atoms with Crippen molar-refractivity contribution in [3.05, 3.63) is 35.1 Å². The Morgan fingerprint density at radius 1 is 1.30 bits per heavy atom. The van der Waals surface area contributed by atoms with Crippen molar-refractivity contribution in [2.45, 2.75) is 51.9 Å².